The van der Waals surface area contributed by atoms with E-state index in [1.807, 2.05) is 44.3 Å². The van der Waals surface area contributed by atoms with Crippen molar-refractivity contribution in [2.75, 3.05) is 7.05 Å². The molecule has 2 aromatic rings. The number of ether oxygens (including phenoxy) is 1. The van der Waals surface area contributed by atoms with Crippen LogP contribution in [0.3, 0.4) is 0 Å². The van der Waals surface area contributed by atoms with Crippen LogP contribution < -0.4 is 10.1 Å². The van der Waals surface area contributed by atoms with Gasteiger partial charge in [-0.25, -0.2) is 4.98 Å². The van der Waals surface area contributed by atoms with E-state index in [0.717, 1.165) is 11.1 Å². The van der Waals surface area contributed by atoms with Gasteiger partial charge < -0.3 is 10.1 Å². The van der Waals surface area contributed by atoms with Crippen LogP contribution >= 0.6 is 11.6 Å². The summed E-state index contributed by atoms with van der Waals surface area (Å²) in [6.07, 6.45) is 1.74. The predicted molar refractivity (Wildman–Crippen MR) is 78.0 cm³/mol. The van der Waals surface area contributed by atoms with Gasteiger partial charge in [-0.1, -0.05) is 17.7 Å². The fraction of sp³-hybridized carbons (Fsp3) is 0.267. The van der Waals surface area contributed by atoms with Crippen LogP contribution in [0.5, 0.6) is 11.6 Å². The summed E-state index contributed by atoms with van der Waals surface area (Å²) in [6.45, 7) is 4.08. The Labute approximate surface area is 118 Å². The van der Waals surface area contributed by atoms with Crippen LogP contribution in [0, 0.1) is 6.92 Å². The summed E-state index contributed by atoms with van der Waals surface area (Å²) in [7, 11) is 1.92. The van der Waals surface area contributed by atoms with Gasteiger partial charge in [0.05, 0.1) is 5.02 Å². The Morgan fingerprint density at radius 1 is 1.26 bits per heavy atom. The van der Waals surface area contributed by atoms with Crippen LogP contribution in [0.15, 0.2) is 36.5 Å². The lowest BCUT2D eigenvalue weighted by Crippen LogP contribution is -2.12. The van der Waals surface area contributed by atoms with Crippen LogP contribution in [0.25, 0.3) is 0 Å². The molecular formula is C15H17ClN2O. The normalized spacial score (nSPS) is 12.2. The van der Waals surface area contributed by atoms with Crippen molar-refractivity contribution in [3.8, 4) is 11.6 Å². The number of hydrogen-bond donors (Lipinski definition) is 1. The summed E-state index contributed by atoms with van der Waals surface area (Å²) in [4.78, 5) is 4.21. The van der Waals surface area contributed by atoms with Crippen molar-refractivity contribution in [2.45, 2.75) is 19.9 Å². The second kappa shape index (κ2) is 6.04. The molecule has 1 aromatic carbocycles. The Morgan fingerprint density at radius 3 is 2.79 bits per heavy atom. The van der Waals surface area contributed by atoms with E-state index in [9.17, 15) is 0 Å². The smallest absolute Gasteiger partial charge is 0.219 e. The lowest BCUT2D eigenvalue weighted by molar-refractivity contribution is 0.460. The van der Waals surface area contributed by atoms with Gasteiger partial charge in [0.25, 0.3) is 0 Å². The second-order valence-electron chi connectivity index (χ2n) is 4.47. The molecule has 0 fully saturated rings. The first-order valence-corrected chi connectivity index (χ1v) is 6.55. The molecule has 0 aliphatic rings. The molecule has 0 aliphatic carbocycles. The molecule has 0 aliphatic heterocycles. The number of aromatic nitrogens is 1. The Bertz CT molecular complexity index is 572. The van der Waals surface area contributed by atoms with E-state index in [-0.39, 0.29) is 6.04 Å². The van der Waals surface area contributed by atoms with E-state index in [1.165, 1.54) is 0 Å². The lowest BCUT2D eigenvalue weighted by Gasteiger charge is -2.12. The lowest BCUT2D eigenvalue weighted by atomic mass is 10.1. The summed E-state index contributed by atoms with van der Waals surface area (Å²) in [5.41, 5.74) is 2.22. The first-order valence-electron chi connectivity index (χ1n) is 6.17. The molecule has 4 heteroatoms. The first-order chi connectivity index (χ1) is 9.10. The highest BCUT2D eigenvalue weighted by Crippen LogP contribution is 2.30. The molecule has 0 spiro atoms. The molecule has 0 bridgehead atoms. The van der Waals surface area contributed by atoms with Crippen molar-refractivity contribution >= 4 is 11.6 Å². The van der Waals surface area contributed by atoms with E-state index in [4.69, 9.17) is 16.3 Å². The van der Waals surface area contributed by atoms with Crippen molar-refractivity contribution < 1.29 is 4.74 Å². The van der Waals surface area contributed by atoms with Gasteiger partial charge in [0.1, 0.15) is 5.75 Å². The van der Waals surface area contributed by atoms with E-state index < -0.39 is 0 Å². The third-order valence-corrected chi connectivity index (χ3v) is 3.31. The van der Waals surface area contributed by atoms with Gasteiger partial charge in [0.15, 0.2) is 0 Å². The van der Waals surface area contributed by atoms with Gasteiger partial charge >= 0.3 is 0 Å². The average molecular weight is 277 g/mol. The average Bonchev–Trinajstić information content (AvgIpc) is 2.42. The maximum absolute atomic E-state index is 6.11. The molecule has 1 unspecified atom stereocenters. The summed E-state index contributed by atoms with van der Waals surface area (Å²) in [5, 5.41) is 3.77. The topological polar surface area (TPSA) is 34.2 Å². The van der Waals surface area contributed by atoms with E-state index in [1.54, 1.807) is 6.20 Å². The first kappa shape index (κ1) is 13.8. The molecule has 0 amide bonds. The maximum atomic E-state index is 6.11. The summed E-state index contributed by atoms with van der Waals surface area (Å²) >= 11 is 6.11. The van der Waals surface area contributed by atoms with Gasteiger partial charge in [-0.05, 0) is 50.2 Å². The van der Waals surface area contributed by atoms with Crippen molar-refractivity contribution in [3.63, 3.8) is 0 Å². The molecule has 1 atom stereocenters. The molecule has 1 aromatic heterocycles. The zero-order chi connectivity index (χ0) is 13.8. The zero-order valence-electron chi connectivity index (χ0n) is 11.3. The number of rotatable bonds is 4. The van der Waals surface area contributed by atoms with Crippen molar-refractivity contribution in [3.05, 3.63) is 52.7 Å². The van der Waals surface area contributed by atoms with Gasteiger partial charge in [0.2, 0.25) is 5.88 Å². The second-order valence-corrected chi connectivity index (χ2v) is 4.88. The Kier molecular flexibility index (Phi) is 4.40. The van der Waals surface area contributed by atoms with Crippen LogP contribution in [-0.2, 0) is 0 Å². The standard InChI is InChI=1S/C15H17ClN2O/c1-10-4-5-13(16)14(8-10)19-15-9-12(6-7-18-15)11(2)17-3/h4-9,11,17H,1-3H3. The summed E-state index contributed by atoms with van der Waals surface area (Å²) in [5.74, 6) is 1.18. The highest BCUT2D eigenvalue weighted by atomic mass is 35.5. The Morgan fingerprint density at radius 2 is 2.05 bits per heavy atom. The minimum atomic E-state index is 0.248. The number of hydrogen-bond acceptors (Lipinski definition) is 3. The molecule has 0 radical (unpaired) electrons. The van der Waals surface area contributed by atoms with Crippen LogP contribution in [0.4, 0.5) is 0 Å². The maximum Gasteiger partial charge on any atom is 0.219 e. The van der Waals surface area contributed by atoms with E-state index in [0.29, 0.717) is 16.7 Å². The molecule has 100 valence electrons. The molecule has 2 rings (SSSR count). The third-order valence-electron chi connectivity index (χ3n) is 2.99. The monoisotopic (exact) mass is 276 g/mol. The SMILES string of the molecule is CNC(C)c1ccnc(Oc2cc(C)ccc2Cl)c1. The molecule has 0 saturated carbocycles. The van der Waals surface area contributed by atoms with Crippen LogP contribution in [0.1, 0.15) is 24.1 Å². The highest BCUT2D eigenvalue weighted by Gasteiger charge is 2.07. The predicted octanol–water partition coefficient (Wildman–Crippen LogP) is 4.12. The fourth-order valence-corrected chi connectivity index (χ4v) is 1.87. The van der Waals surface area contributed by atoms with Crippen molar-refractivity contribution in [1.29, 1.82) is 0 Å². The molecule has 3 nitrogen and oxygen atoms in total. The fourth-order valence-electron chi connectivity index (χ4n) is 1.72. The number of benzene rings is 1. The summed E-state index contributed by atoms with van der Waals surface area (Å²) < 4.78 is 5.75. The Balaban J connectivity index is 2.26. The number of nitrogens with zero attached hydrogens (tertiary/aromatic N) is 1. The number of aryl methyl sites for hydroxylation is 1. The molecule has 1 N–H and O–H groups in total. The van der Waals surface area contributed by atoms with E-state index in [2.05, 4.69) is 17.2 Å². The number of pyridine rings is 1. The van der Waals surface area contributed by atoms with Crippen LogP contribution in [-0.4, -0.2) is 12.0 Å². The largest absolute Gasteiger partial charge is 0.437 e. The van der Waals surface area contributed by atoms with Crippen molar-refractivity contribution in [1.82, 2.24) is 10.3 Å². The molecule has 0 saturated heterocycles. The number of nitrogens with one attached hydrogen (secondary N) is 1. The zero-order valence-corrected chi connectivity index (χ0v) is 12.0. The highest BCUT2D eigenvalue weighted by molar-refractivity contribution is 6.32. The van der Waals surface area contributed by atoms with Gasteiger partial charge in [0, 0.05) is 18.3 Å². The number of halogens is 1. The molecule has 1 heterocycles. The minimum Gasteiger partial charge on any atom is -0.437 e. The van der Waals surface area contributed by atoms with Crippen LogP contribution in [0.2, 0.25) is 5.02 Å². The molecule has 19 heavy (non-hydrogen) atoms. The molecular weight excluding hydrogens is 260 g/mol. The van der Waals surface area contributed by atoms with Gasteiger partial charge in [-0.15, -0.1) is 0 Å². The van der Waals surface area contributed by atoms with Gasteiger partial charge in [-0.2, -0.15) is 0 Å². The Hall–Kier alpha value is -1.58. The van der Waals surface area contributed by atoms with Gasteiger partial charge in [-0.3, -0.25) is 0 Å². The minimum absolute atomic E-state index is 0.248. The third kappa shape index (κ3) is 3.46. The quantitative estimate of drug-likeness (QED) is 0.912. The van der Waals surface area contributed by atoms with E-state index >= 15 is 0 Å². The summed E-state index contributed by atoms with van der Waals surface area (Å²) in [6, 6.07) is 9.80. The van der Waals surface area contributed by atoms with Crippen molar-refractivity contribution in [2.24, 2.45) is 0 Å².